The third-order valence-corrected chi connectivity index (χ3v) is 13.3. The Bertz CT molecular complexity index is 2830. The van der Waals surface area contributed by atoms with Gasteiger partial charge >= 0.3 is 0 Å². The van der Waals surface area contributed by atoms with Gasteiger partial charge in [0.2, 0.25) is 0 Å². The molecule has 0 atom stereocenters. The lowest BCUT2D eigenvalue weighted by molar-refractivity contribution is 0.101. The molecule has 8 bridgehead atoms. The number of nitrogens with one attached hydrogen (secondary N) is 2. The maximum Gasteiger partial charge on any atom is 0.173 e. The smallest absolute Gasteiger partial charge is 0.173 e. The summed E-state index contributed by atoms with van der Waals surface area (Å²) in [5.41, 5.74) is 15.0. The number of nitrogens with zero attached hydrogens (tertiary/aromatic N) is 2. The van der Waals surface area contributed by atoms with Gasteiger partial charge in [0, 0.05) is 66.6 Å². The molecule has 0 amide bonds. The van der Waals surface area contributed by atoms with Crippen molar-refractivity contribution in [3.8, 4) is 44.5 Å². The highest BCUT2D eigenvalue weighted by Gasteiger charge is 2.20. The molecule has 12 heteroatoms. The molecule has 0 saturated carbocycles. The Morgan fingerprint density at radius 3 is 0.719 bits per heavy atom. The second kappa shape index (κ2) is 18.7. The van der Waals surface area contributed by atoms with Crippen molar-refractivity contribution in [1.82, 2.24) is 19.9 Å². The van der Waals surface area contributed by atoms with Gasteiger partial charge in [-0.05, 0) is 70.8 Å². The van der Waals surface area contributed by atoms with Gasteiger partial charge in [-0.25, -0.2) is 9.97 Å². The first kappa shape index (κ1) is 43.3. The van der Waals surface area contributed by atoms with Crippen LogP contribution in [0.2, 0.25) is 0 Å². The summed E-state index contributed by atoms with van der Waals surface area (Å²) in [4.78, 5) is 68.8. The topological polar surface area (TPSA) is 126 Å². The molecule has 0 aliphatic carbocycles. The molecule has 2 N–H and O–H groups in total. The van der Waals surface area contributed by atoms with Crippen molar-refractivity contribution in [2.75, 3.05) is 21.3 Å². The zero-order valence-corrected chi connectivity index (χ0v) is 40.1. The Balaban J connectivity index is 1.40. The number of carbonyl (C=O) groups is 4. The maximum absolute atomic E-state index is 12.7. The third-order valence-electron chi connectivity index (χ3n) is 11.2. The fraction of sp³-hybridized carbons (Fsp3) is 0.0769. The second-order valence-electron chi connectivity index (χ2n) is 15.0. The van der Waals surface area contributed by atoms with Crippen molar-refractivity contribution in [3.63, 3.8) is 0 Å². The predicted octanol–water partition coefficient (Wildman–Crippen LogP) is 13.6. The van der Waals surface area contributed by atoms with Gasteiger partial charge < -0.3 is 9.97 Å². The van der Waals surface area contributed by atoms with E-state index in [0.29, 0.717) is 45.0 Å². The fourth-order valence-electron chi connectivity index (χ4n) is 8.02. The highest BCUT2D eigenvalue weighted by atomic mass is 79.9. The Hall–Kier alpha value is -5.92. The van der Waals surface area contributed by atoms with E-state index in [9.17, 15) is 19.2 Å². The normalized spacial score (nSPS) is 11.8. The monoisotopic (exact) mass is 1090 g/mol. The molecule has 0 unspecified atom stereocenters. The molecular formula is C52H34Br4N4O4. The lowest BCUT2D eigenvalue weighted by atomic mass is 10.0. The van der Waals surface area contributed by atoms with Gasteiger partial charge in [0.25, 0.3) is 0 Å². The molecule has 2 aliphatic heterocycles. The Labute approximate surface area is 401 Å². The lowest BCUT2D eigenvalue weighted by Crippen LogP contribution is -1.99. The quantitative estimate of drug-likeness (QED) is 0.0927. The van der Waals surface area contributed by atoms with Gasteiger partial charge in [-0.2, -0.15) is 0 Å². The third kappa shape index (κ3) is 8.43. The number of rotatable bonds is 12. The number of alkyl halides is 4. The summed E-state index contributed by atoms with van der Waals surface area (Å²) in [5.74, 6) is -0.0901. The Morgan fingerprint density at radius 2 is 0.531 bits per heavy atom. The van der Waals surface area contributed by atoms with E-state index in [1.165, 1.54) is 0 Å². The van der Waals surface area contributed by atoms with E-state index in [1.807, 2.05) is 146 Å². The molecular weight excluding hydrogens is 1060 g/mol. The minimum absolute atomic E-state index is 0.0225. The number of Topliss-reactive ketones (excluding diaryl/α,β-unsaturated/α-hetero) is 4. The number of halogens is 4. The zero-order valence-electron chi connectivity index (χ0n) is 33.7. The number of benzene rings is 4. The number of H-pyrrole nitrogens is 2. The van der Waals surface area contributed by atoms with Crippen LogP contribution in [0.5, 0.6) is 0 Å². The van der Waals surface area contributed by atoms with Crippen LogP contribution in [0.4, 0.5) is 0 Å². The molecule has 0 radical (unpaired) electrons. The van der Waals surface area contributed by atoms with Crippen LogP contribution in [-0.4, -0.2) is 64.4 Å². The first-order chi connectivity index (χ1) is 31.2. The molecule has 5 heterocycles. The number of aromatic nitrogens is 4. The summed E-state index contributed by atoms with van der Waals surface area (Å²) >= 11 is 13.2. The summed E-state index contributed by atoms with van der Waals surface area (Å²) < 4.78 is 0. The van der Waals surface area contributed by atoms with Gasteiger partial charge in [0.15, 0.2) is 23.1 Å². The van der Waals surface area contributed by atoms with E-state index in [-0.39, 0.29) is 44.5 Å². The van der Waals surface area contributed by atoms with E-state index in [4.69, 9.17) is 9.97 Å². The van der Waals surface area contributed by atoms with E-state index in [0.717, 1.165) is 66.6 Å². The first-order valence-corrected chi connectivity index (χ1v) is 24.6. The number of hydrogen-bond donors (Lipinski definition) is 2. The molecule has 0 fully saturated rings. The van der Waals surface area contributed by atoms with E-state index < -0.39 is 0 Å². The molecule has 3 aromatic heterocycles. The van der Waals surface area contributed by atoms with E-state index >= 15 is 0 Å². The summed E-state index contributed by atoms with van der Waals surface area (Å²) in [6.45, 7) is 0. The average molecular weight is 1100 g/mol. The minimum atomic E-state index is -0.0225. The molecule has 0 saturated heterocycles. The van der Waals surface area contributed by atoms with Gasteiger partial charge in [0.1, 0.15) is 0 Å². The van der Waals surface area contributed by atoms with Crippen molar-refractivity contribution < 1.29 is 19.2 Å². The van der Waals surface area contributed by atoms with Crippen molar-refractivity contribution in [3.05, 3.63) is 166 Å². The molecule has 8 nitrogen and oxygen atoms in total. The van der Waals surface area contributed by atoms with Crippen molar-refractivity contribution in [2.45, 2.75) is 0 Å². The van der Waals surface area contributed by atoms with Gasteiger partial charge in [-0.1, -0.05) is 161 Å². The number of carbonyl (C=O) groups excluding carboxylic acids is 4. The number of fused-ring (bicyclic) bond motifs is 8. The van der Waals surface area contributed by atoms with Crippen LogP contribution in [0.1, 0.15) is 64.2 Å². The van der Waals surface area contributed by atoms with Gasteiger partial charge in [-0.3, -0.25) is 19.2 Å². The summed E-state index contributed by atoms with van der Waals surface area (Å²) in [5, 5.41) is 0.858. The molecule has 0 spiro atoms. The van der Waals surface area contributed by atoms with Crippen molar-refractivity contribution in [1.29, 1.82) is 0 Å². The van der Waals surface area contributed by atoms with Crippen LogP contribution in [0, 0.1) is 0 Å². The minimum Gasteiger partial charge on any atom is -0.354 e. The van der Waals surface area contributed by atoms with Crippen molar-refractivity contribution in [2.24, 2.45) is 0 Å². The maximum atomic E-state index is 12.7. The molecule has 7 aromatic rings. The Kier molecular flexibility index (Phi) is 12.6. The average Bonchev–Trinajstić information content (AvgIpc) is 4.20. The van der Waals surface area contributed by atoms with Crippen molar-refractivity contribution >= 4 is 133 Å². The van der Waals surface area contributed by atoms with Crippen LogP contribution in [0.25, 0.3) is 90.9 Å². The second-order valence-corrected chi connectivity index (χ2v) is 17.3. The highest BCUT2D eigenvalue weighted by Crippen LogP contribution is 2.39. The molecule has 314 valence electrons. The first-order valence-electron chi connectivity index (χ1n) is 20.1. The van der Waals surface area contributed by atoms with Crippen LogP contribution in [0.3, 0.4) is 0 Å². The summed E-state index contributed by atoms with van der Waals surface area (Å²) in [7, 11) is 0. The number of aromatic amines is 2. The van der Waals surface area contributed by atoms with Crippen LogP contribution < -0.4 is 0 Å². The SMILES string of the molecule is O=C(CBr)c1ccc(-c2c3nc(c(-c4ccc(C(=O)CBr)cc4)c4ccc([nH]4)c(-c4ccc(C(=O)CBr)cc4)c4nc(c(-c5ccc(C(=O)CBr)cc5)c5ccc2[nH]5)C=C4)C=C3)cc1. The van der Waals surface area contributed by atoms with Crippen LogP contribution in [-0.2, 0) is 0 Å². The molecule has 2 aliphatic rings. The highest BCUT2D eigenvalue weighted by molar-refractivity contribution is 9.10. The van der Waals surface area contributed by atoms with E-state index in [1.54, 1.807) is 0 Å². The summed E-state index contributed by atoms with van der Waals surface area (Å²) in [6.07, 6.45) is 7.98. The fourth-order valence-corrected chi connectivity index (χ4v) is 9.31. The Morgan fingerprint density at radius 1 is 0.328 bits per heavy atom. The standard InChI is InChI=1S/C52H34Br4N4O4/c53-25-45(61)29-1-9-33(10-2-29)49-37-17-19-39(57-37)50(34-11-3-30(4-12-34)46(62)26-54)41-21-23-43(59-41)52(36-15-7-32(8-16-36)48(64)28-56)44-24-22-42(60-44)51(40-20-18-38(49)58-40)35-13-5-31(6-14-35)47(63)27-55/h1-24,57,60H,25-28H2. The molecule has 9 rings (SSSR count). The largest absolute Gasteiger partial charge is 0.354 e. The lowest BCUT2D eigenvalue weighted by Gasteiger charge is -2.08. The van der Waals surface area contributed by atoms with Crippen LogP contribution in [0.15, 0.2) is 121 Å². The summed E-state index contributed by atoms with van der Waals surface area (Å²) in [6, 6.07) is 38.2. The number of hydrogen-bond acceptors (Lipinski definition) is 6. The zero-order chi connectivity index (χ0) is 44.5. The predicted molar refractivity (Wildman–Crippen MR) is 273 cm³/mol. The number of ketones is 4. The molecule has 64 heavy (non-hydrogen) atoms. The van der Waals surface area contributed by atoms with Gasteiger partial charge in [-0.15, -0.1) is 0 Å². The van der Waals surface area contributed by atoms with Gasteiger partial charge in [0.05, 0.1) is 44.1 Å². The molecule has 4 aromatic carbocycles. The van der Waals surface area contributed by atoms with Crippen LogP contribution >= 0.6 is 63.7 Å². The van der Waals surface area contributed by atoms with E-state index in [2.05, 4.69) is 73.7 Å².